The van der Waals surface area contributed by atoms with Gasteiger partial charge in [0.2, 0.25) is 5.91 Å². The fourth-order valence-electron chi connectivity index (χ4n) is 5.23. The molecule has 2 aliphatic heterocycles. The first-order valence-corrected chi connectivity index (χ1v) is 14.4. The maximum atomic E-state index is 13.3. The number of nitrogens with one attached hydrogen (secondary N) is 1. The number of likely N-dealkylation sites (N-methyl/N-ethyl adjacent to an activating group) is 1. The molecule has 12 heteroatoms. The molecule has 0 aliphatic carbocycles. The predicted octanol–water partition coefficient (Wildman–Crippen LogP) is 0.730. The average Bonchev–Trinajstić information content (AvgIpc) is 3.29. The lowest BCUT2D eigenvalue weighted by atomic mass is 9.91. The molecule has 5 N–H and O–H groups in total. The highest BCUT2D eigenvalue weighted by Crippen LogP contribution is 2.32. The lowest BCUT2D eigenvalue weighted by Crippen LogP contribution is -2.66. The van der Waals surface area contributed by atoms with E-state index in [0.29, 0.717) is 5.92 Å². The van der Waals surface area contributed by atoms with Gasteiger partial charge in [0.05, 0.1) is 23.8 Å². The number of likely N-dealkylation sites (tertiary alicyclic amines) is 1. The number of aliphatic hydroxyl groups is 3. The molecule has 0 saturated carbocycles. The van der Waals surface area contributed by atoms with Crippen LogP contribution in [0, 0.1) is 5.92 Å². The molecule has 0 spiro atoms. The summed E-state index contributed by atoms with van der Waals surface area (Å²) in [7, 11) is 3.40. The number of methoxy groups -OCH3 is 1. The number of hydrogen-bond donors (Lipinski definition) is 5. The predicted molar refractivity (Wildman–Crippen MR) is 145 cm³/mol. The van der Waals surface area contributed by atoms with Crippen molar-refractivity contribution in [2.75, 3.05) is 33.1 Å². The normalized spacial score (nSPS) is 31.0. The molecule has 1 aromatic rings. The molecular weight excluding hydrogens is 528 g/mol. The maximum Gasteiger partial charge on any atom is 0.338 e. The van der Waals surface area contributed by atoms with E-state index in [0.717, 1.165) is 37.6 Å². The Labute approximate surface area is 233 Å². The van der Waals surface area contributed by atoms with Crippen LogP contribution in [0.5, 0.6) is 5.75 Å². The van der Waals surface area contributed by atoms with Gasteiger partial charge in [0.25, 0.3) is 0 Å². The number of hydrogen-bond acceptors (Lipinski definition) is 11. The number of benzene rings is 1. The SMILES string of the molecule is CCC[C@@H]1C[C@@H](C(=O)N[C@@H]([C@H]2O[C@H](SCCOC(=O)c3cccc(O)c3)[C@H](O)[C@@H](O)[C@H]2O)[C@@H](C)OC)N(C)C1. The summed E-state index contributed by atoms with van der Waals surface area (Å²) in [4.78, 5) is 27.5. The van der Waals surface area contributed by atoms with Gasteiger partial charge in [-0.3, -0.25) is 9.69 Å². The fraction of sp³-hybridized carbons (Fsp3) is 0.704. The van der Waals surface area contributed by atoms with Crippen LogP contribution < -0.4 is 5.32 Å². The molecule has 0 radical (unpaired) electrons. The molecule has 2 fully saturated rings. The zero-order chi connectivity index (χ0) is 28.7. The number of ether oxygens (including phenoxy) is 3. The summed E-state index contributed by atoms with van der Waals surface area (Å²) >= 11 is 1.11. The maximum absolute atomic E-state index is 13.3. The van der Waals surface area contributed by atoms with Crippen molar-refractivity contribution in [3.8, 4) is 5.75 Å². The van der Waals surface area contributed by atoms with Crippen molar-refractivity contribution in [2.45, 2.75) is 81.1 Å². The molecule has 2 aliphatic rings. The third-order valence-corrected chi connectivity index (χ3v) is 8.58. The third kappa shape index (κ3) is 8.06. The Bertz CT molecular complexity index is 954. The number of phenolic OH excluding ortho intramolecular Hbond substituents is 1. The van der Waals surface area contributed by atoms with Gasteiger partial charge in [0, 0.05) is 19.4 Å². The van der Waals surface area contributed by atoms with E-state index in [9.17, 15) is 30.0 Å². The number of aliphatic hydroxyl groups excluding tert-OH is 3. The summed E-state index contributed by atoms with van der Waals surface area (Å²) in [5, 5.41) is 44.5. The molecule has 220 valence electrons. The minimum absolute atomic E-state index is 0.0172. The molecule has 11 nitrogen and oxygen atoms in total. The summed E-state index contributed by atoms with van der Waals surface area (Å²) in [5.41, 5.74) is -0.756. The van der Waals surface area contributed by atoms with Gasteiger partial charge in [0.1, 0.15) is 42.2 Å². The van der Waals surface area contributed by atoms with E-state index in [1.807, 2.05) is 11.9 Å². The first-order valence-electron chi connectivity index (χ1n) is 13.4. The average molecular weight is 571 g/mol. The standard InChI is InChI=1S/C27H42N2O9S/c1-5-7-16-12-19(29(3)14-16)25(34)28-20(15(2)36-4)24-22(32)21(31)23(33)27(38-24)39-11-10-37-26(35)17-8-6-9-18(30)13-17/h6,8-9,13,15-16,19-24,27,30-33H,5,7,10-12,14H2,1-4H3,(H,28,34)/t15-,16-,19+,20-,21+,22-,23-,24-,27-/m1/s1. The highest BCUT2D eigenvalue weighted by Gasteiger charge is 2.49. The van der Waals surface area contributed by atoms with Crippen molar-refractivity contribution in [2.24, 2.45) is 5.92 Å². The van der Waals surface area contributed by atoms with E-state index in [4.69, 9.17) is 14.2 Å². The lowest BCUT2D eigenvalue weighted by Gasteiger charge is -2.44. The van der Waals surface area contributed by atoms with E-state index in [-0.39, 0.29) is 35.6 Å². The van der Waals surface area contributed by atoms with Crippen molar-refractivity contribution in [3.63, 3.8) is 0 Å². The summed E-state index contributed by atoms with van der Waals surface area (Å²) < 4.78 is 16.8. The summed E-state index contributed by atoms with van der Waals surface area (Å²) in [6.07, 6.45) is -3.21. The number of thioether (sulfide) groups is 1. The number of carbonyl (C=O) groups is 2. The summed E-state index contributed by atoms with van der Waals surface area (Å²) in [6, 6.07) is 4.67. The number of nitrogens with zero attached hydrogens (tertiary/aromatic N) is 1. The van der Waals surface area contributed by atoms with Crippen LogP contribution >= 0.6 is 11.8 Å². The largest absolute Gasteiger partial charge is 0.508 e. The summed E-state index contributed by atoms with van der Waals surface area (Å²) in [5.74, 6) is -0.206. The Morgan fingerprint density at radius 2 is 1.97 bits per heavy atom. The van der Waals surface area contributed by atoms with Crippen molar-refractivity contribution >= 4 is 23.6 Å². The van der Waals surface area contributed by atoms with E-state index >= 15 is 0 Å². The quantitative estimate of drug-likeness (QED) is 0.178. The van der Waals surface area contributed by atoms with E-state index < -0.39 is 48.0 Å². The van der Waals surface area contributed by atoms with Gasteiger partial charge in [-0.05, 0) is 50.9 Å². The van der Waals surface area contributed by atoms with E-state index in [1.54, 1.807) is 6.92 Å². The minimum Gasteiger partial charge on any atom is -0.508 e. The van der Waals surface area contributed by atoms with Crippen LogP contribution in [0.3, 0.4) is 0 Å². The lowest BCUT2D eigenvalue weighted by molar-refractivity contribution is -0.212. The fourth-order valence-corrected chi connectivity index (χ4v) is 6.20. The Hall–Kier alpha value is -1.93. The second-order valence-corrected chi connectivity index (χ2v) is 11.5. The second kappa shape index (κ2) is 14.6. The van der Waals surface area contributed by atoms with Gasteiger partial charge < -0.3 is 40.0 Å². The number of phenols is 1. The smallest absolute Gasteiger partial charge is 0.338 e. The van der Waals surface area contributed by atoms with E-state index in [2.05, 4.69) is 12.2 Å². The molecule has 0 bridgehead atoms. The van der Waals surface area contributed by atoms with Gasteiger partial charge in [0.15, 0.2) is 0 Å². The number of aromatic hydroxyl groups is 1. The van der Waals surface area contributed by atoms with Gasteiger partial charge in [-0.25, -0.2) is 4.79 Å². The molecule has 3 rings (SSSR count). The molecule has 2 heterocycles. The van der Waals surface area contributed by atoms with Gasteiger partial charge in [-0.2, -0.15) is 0 Å². The molecule has 9 atom stereocenters. The second-order valence-electron chi connectivity index (χ2n) is 10.3. The number of amides is 1. The molecule has 2 saturated heterocycles. The first-order chi connectivity index (χ1) is 18.6. The van der Waals surface area contributed by atoms with Crippen molar-refractivity contribution in [1.29, 1.82) is 0 Å². The minimum atomic E-state index is -1.53. The highest BCUT2D eigenvalue weighted by molar-refractivity contribution is 7.99. The molecular formula is C27H42N2O9S. The van der Waals surface area contributed by atoms with Gasteiger partial charge >= 0.3 is 5.97 Å². The monoisotopic (exact) mass is 570 g/mol. The Kier molecular flexibility index (Phi) is 11.9. The first kappa shape index (κ1) is 31.6. The molecule has 0 unspecified atom stereocenters. The molecule has 0 aromatic heterocycles. The van der Waals surface area contributed by atoms with Crippen LogP contribution in [-0.4, -0.2) is 118 Å². The number of rotatable bonds is 12. The molecule has 1 amide bonds. The summed E-state index contributed by atoms with van der Waals surface area (Å²) in [6.45, 7) is 4.67. The van der Waals surface area contributed by atoms with Crippen LogP contribution in [0.25, 0.3) is 0 Å². The molecule has 1 aromatic carbocycles. The number of esters is 1. The van der Waals surface area contributed by atoms with Crippen molar-refractivity contribution in [1.82, 2.24) is 10.2 Å². The Balaban J connectivity index is 1.62. The number of carbonyl (C=O) groups excluding carboxylic acids is 2. The zero-order valence-corrected chi connectivity index (χ0v) is 23.8. The topological polar surface area (TPSA) is 158 Å². The van der Waals surface area contributed by atoms with Gasteiger partial charge in [-0.15, -0.1) is 11.8 Å². The Morgan fingerprint density at radius 3 is 2.64 bits per heavy atom. The highest BCUT2D eigenvalue weighted by atomic mass is 32.2. The van der Waals surface area contributed by atoms with Crippen LogP contribution in [-0.2, 0) is 19.0 Å². The van der Waals surface area contributed by atoms with Crippen LogP contribution in [0.4, 0.5) is 0 Å². The van der Waals surface area contributed by atoms with Crippen molar-refractivity contribution in [3.05, 3.63) is 29.8 Å². The van der Waals surface area contributed by atoms with Gasteiger partial charge in [-0.1, -0.05) is 19.4 Å². The molecule has 39 heavy (non-hydrogen) atoms. The van der Waals surface area contributed by atoms with Crippen LogP contribution in [0.15, 0.2) is 24.3 Å². The Morgan fingerprint density at radius 1 is 1.23 bits per heavy atom. The van der Waals surface area contributed by atoms with E-state index in [1.165, 1.54) is 31.4 Å². The van der Waals surface area contributed by atoms with Crippen molar-refractivity contribution < 1.29 is 44.2 Å². The third-order valence-electron chi connectivity index (χ3n) is 7.46. The van der Waals surface area contributed by atoms with Crippen LogP contribution in [0.2, 0.25) is 0 Å². The van der Waals surface area contributed by atoms with Crippen LogP contribution in [0.1, 0.15) is 43.5 Å². The zero-order valence-electron chi connectivity index (χ0n) is 22.9.